The van der Waals surface area contributed by atoms with Gasteiger partial charge in [0.25, 0.3) is 5.91 Å². The summed E-state index contributed by atoms with van der Waals surface area (Å²) in [5.41, 5.74) is 8.64. The summed E-state index contributed by atoms with van der Waals surface area (Å²) in [4.78, 5) is 15.3. The number of aryl methyl sites for hydroxylation is 1. The third-order valence-electron chi connectivity index (χ3n) is 3.54. The fourth-order valence-electron chi connectivity index (χ4n) is 2.28. The monoisotopic (exact) mass is 328 g/mol. The second kappa shape index (κ2) is 6.17. The molecule has 0 aliphatic rings. The molecule has 0 atom stereocenters. The van der Waals surface area contributed by atoms with E-state index in [1.165, 1.54) is 11.5 Å². The molecule has 0 saturated carbocycles. The summed E-state index contributed by atoms with van der Waals surface area (Å²) in [6.45, 7) is 2.32. The first-order valence-corrected chi connectivity index (χ1v) is 7.77. The lowest BCUT2D eigenvalue weighted by Gasteiger charge is -2.16. The number of nitrogens with two attached hydrogens (primary N) is 1. The minimum absolute atomic E-state index is 0.180. The van der Waals surface area contributed by atoms with Gasteiger partial charge in [-0.2, -0.15) is 5.10 Å². The first-order valence-electron chi connectivity index (χ1n) is 7.00. The second-order valence-electron chi connectivity index (χ2n) is 5.17. The molecule has 3 N–H and O–H groups in total. The Kier molecular flexibility index (Phi) is 4.07. The average molecular weight is 328 g/mol. The van der Waals surface area contributed by atoms with E-state index in [0.717, 1.165) is 16.1 Å². The maximum atomic E-state index is 12.8. The number of H-pyrrole nitrogens is 1. The van der Waals surface area contributed by atoms with Gasteiger partial charge in [0.2, 0.25) is 0 Å². The van der Waals surface area contributed by atoms with E-state index in [4.69, 9.17) is 5.73 Å². The van der Waals surface area contributed by atoms with Gasteiger partial charge in [0.05, 0.1) is 22.7 Å². The van der Waals surface area contributed by atoms with Gasteiger partial charge >= 0.3 is 0 Å². The smallest absolute Gasteiger partial charge is 0.272 e. The van der Waals surface area contributed by atoms with E-state index in [-0.39, 0.29) is 5.91 Å². The van der Waals surface area contributed by atoms with E-state index < -0.39 is 0 Å². The van der Waals surface area contributed by atoms with Gasteiger partial charge in [-0.15, -0.1) is 5.10 Å². The van der Waals surface area contributed by atoms with E-state index in [2.05, 4.69) is 19.8 Å². The Hall–Kier alpha value is -2.74. The molecular formula is C15H16N6OS. The molecule has 8 heteroatoms. The van der Waals surface area contributed by atoms with Crippen molar-refractivity contribution < 1.29 is 4.79 Å². The van der Waals surface area contributed by atoms with Gasteiger partial charge in [-0.05, 0) is 24.0 Å². The van der Waals surface area contributed by atoms with Crippen LogP contribution in [0.2, 0.25) is 0 Å². The SMILES string of the molecule is Cc1nnsc1CN(C)C(=O)c1[nH]nc(N)c1-c1ccccc1. The maximum Gasteiger partial charge on any atom is 0.272 e. The fraction of sp³-hybridized carbons (Fsp3) is 0.200. The number of aromatic amines is 1. The highest BCUT2D eigenvalue weighted by molar-refractivity contribution is 7.05. The number of hydrogen-bond donors (Lipinski definition) is 2. The summed E-state index contributed by atoms with van der Waals surface area (Å²) >= 11 is 1.29. The molecule has 0 aliphatic carbocycles. The summed E-state index contributed by atoms with van der Waals surface area (Å²) < 4.78 is 3.89. The molecule has 118 valence electrons. The Bertz CT molecular complexity index is 826. The largest absolute Gasteiger partial charge is 0.382 e. The number of hydrogen-bond acceptors (Lipinski definition) is 6. The standard InChI is InChI=1S/C15H16N6OS/c1-9-11(23-20-17-9)8-21(2)15(22)13-12(14(16)19-18-13)10-6-4-3-5-7-10/h3-7H,8H2,1-2H3,(H3,16,18,19). The predicted octanol–water partition coefficient (Wildman–Crippen LogP) is 2.09. The molecule has 23 heavy (non-hydrogen) atoms. The van der Waals surface area contributed by atoms with Crippen LogP contribution >= 0.6 is 11.5 Å². The molecule has 0 bridgehead atoms. The van der Waals surface area contributed by atoms with Crippen LogP contribution in [0.15, 0.2) is 30.3 Å². The van der Waals surface area contributed by atoms with Crippen LogP contribution in [0.25, 0.3) is 11.1 Å². The van der Waals surface area contributed by atoms with Crippen molar-refractivity contribution in [3.8, 4) is 11.1 Å². The molecule has 0 saturated heterocycles. The summed E-state index contributed by atoms with van der Waals surface area (Å²) in [7, 11) is 1.73. The number of anilines is 1. The molecule has 0 aliphatic heterocycles. The number of nitrogen functional groups attached to an aromatic ring is 1. The zero-order chi connectivity index (χ0) is 16.4. The first kappa shape index (κ1) is 15.2. The Labute approximate surface area is 137 Å². The Morgan fingerprint density at radius 2 is 2.09 bits per heavy atom. The lowest BCUT2D eigenvalue weighted by atomic mass is 10.0. The summed E-state index contributed by atoms with van der Waals surface area (Å²) in [5.74, 6) is 0.129. The molecule has 3 rings (SSSR count). The molecule has 0 unspecified atom stereocenters. The van der Waals surface area contributed by atoms with Crippen molar-refractivity contribution in [2.75, 3.05) is 12.8 Å². The molecule has 1 amide bonds. The molecular weight excluding hydrogens is 312 g/mol. The topological polar surface area (TPSA) is 101 Å². The van der Waals surface area contributed by atoms with Crippen LogP contribution in [-0.2, 0) is 6.54 Å². The number of carbonyl (C=O) groups excluding carboxylic acids is 1. The average Bonchev–Trinajstić information content (AvgIpc) is 3.13. The molecule has 0 spiro atoms. The van der Waals surface area contributed by atoms with Gasteiger partial charge in [-0.25, -0.2) is 0 Å². The highest BCUT2D eigenvalue weighted by Crippen LogP contribution is 2.28. The number of carbonyl (C=O) groups is 1. The Balaban J connectivity index is 1.90. The molecule has 0 fully saturated rings. The number of nitrogens with one attached hydrogen (secondary N) is 1. The number of nitrogens with zero attached hydrogens (tertiary/aromatic N) is 4. The van der Waals surface area contributed by atoms with Crippen molar-refractivity contribution in [3.05, 3.63) is 46.6 Å². The van der Waals surface area contributed by atoms with Crippen LogP contribution in [-0.4, -0.2) is 37.6 Å². The van der Waals surface area contributed by atoms with E-state index in [0.29, 0.717) is 23.6 Å². The van der Waals surface area contributed by atoms with Gasteiger partial charge in [0.1, 0.15) is 5.69 Å². The minimum atomic E-state index is -0.180. The van der Waals surface area contributed by atoms with Crippen molar-refractivity contribution >= 4 is 23.3 Å². The number of benzene rings is 1. The quantitative estimate of drug-likeness (QED) is 0.763. The van der Waals surface area contributed by atoms with Crippen LogP contribution in [0.4, 0.5) is 5.82 Å². The van der Waals surface area contributed by atoms with Crippen LogP contribution in [0.3, 0.4) is 0 Å². The van der Waals surface area contributed by atoms with E-state index in [9.17, 15) is 4.79 Å². The van der Waals surface area contributed by atoms with E-state index in [1.54, 1.807) is 11.9 Å². The van der Waals surface area contributed by atoms with Crippen molar-refractivity contribution in [3.63, 3.8) is 0 Å². The summed E-state index contributed by atoms with van der Waals surface area (Å²) in [5, 5.41) is 10.7. The van der Waals surface area contributed by atoms with E-state index >= 15 is 0 Å². The zero-order valence-corrected chi connectivity index (χ0v) is 13.6. The predicted molar refractivity (Wildman–Crippen MR) is 88.9 cm³/mol. The van der Waals surface area contributed by atoms with Crippen LogP contribution in [0.1, 0.15) is 21.1 Å². The lowest BCUT2D eigenvalue weighted by molar-refractivity contribution is 0.0781. The zero-order valence-electron chi connectivity index (χ0n) is 12.8. The van der Waals surface area contributed by atoms with Gasteiger partial charge in [0, 0.05) is 7.05 Å². The highest BCUT2D eigenvalue weighted by Gasteiger charge is 2.23. The number of amides is 1. The summed E-state index contributed by atoms with van der Waals surface area (Å²) in [6, 6.07) is 9.50. The van der Waals surface area contributed by atoms with Gasteiger partial charge in [-0.1, -0.05) is 34.8 Å². The van der Waals surface area contributed by atoms with Crippen molar-refractivity contribution in [2.24, 2.45) is 0 Å². The molecule has 3 aromatic rings. The third kappa shape index (κ3) is 2.93. The van der Waals surface area contributed by atoms with Crippen molar-refractivity contribution in [1.82, 2.24) is 24.7 Å². The van der Waals surface area contributed by atoms with Crippen LogP contribution in [0.5, 0.6) is 0 Å². The van der Waals surface area contributed by atoms with Gasteiger partial charge < -0.3 is 10.6 Å². The molecule has 1 aromatic carbocycles. The van der Waals surface area contributed by atoms with E-state index in [1.807, 2.05) is 37.3 Å². The fourth-order valence-corrected chi connectivity index (χ4v) is 2.97. The maximum absolute atomic E-state index is 12.8. The number of rotatable bonds is 4. The van der Waals surface area contributed by atoms with Gasteiger partial charge in [-0.3, -0.25) is 9.89 Å². The van der Waals surface area contributed by atoms with Crippen molar-refractivity contribution in [2.45, 2.75) is 13.5 Å². The Morgan fingerprint density at radius 3 is 2.74 bits per heavy atom. The normalized spacial score (nSPS) is 10.7. The molecule has 0 radical (unpaired) electrons. The molecule has 2 heterocycles. The van der Waals surface area contributed by atoms with Gasteiger partial charge in [0.15, 0.2) is 5.82 Å². The Morgan fingerprint density at radius 1 is 1.35 bits per heavy atom. The molecule has 7 nitrogen and oxygen atoms in total. The molecule has 2 aromatic heterocycles. The number of aromatic nitrogens is 4. The van der Waals surface area contributed by atoms with Crippen LogP contribution in [0, 0.1) is 6.92 Å². The summed E-state index contributed by atoms with van der Waals surface area (Å²) in [6.07, 6.45) is 0. The third-order valence-corrected chi connectivity index (χ3v) is 4.35. The highest BCUT2D eigenvalue weighted by atomic mass is 32.1. The second-order valence-corrected chi connectivity index (χ2v) is 6.01. The first-order chi connectivity index (χ1) is 11.1. The minimum Gasteiger partial charge on any atom is -0.382 e. The van der Waals surface area contributed by atoms with Crippen molar-refractivity contribution in [1.29, 1.82) is 0 Å². The van der Waals surface area contributed by atoms with Crippen LogP contribution < -0.4 is 5.73 Å². The lowest BCUT2D eigenvalue weighted by Crippen LogP contribution is -2.27.